The van der Waals surface area contributed by atoms with E-state index in [0.717, 1.165) is 23.9 Å². The van der Waals surface area contributed by atoms with Gasteiger partial charge in [0.05, 0.1) is 12.8 Å². The molecule has 1 aliphatic heterocycles. The predicted molar refractivity (Wildman–Crippen MR) is 97.6 cm³/mol. The second-order valence-corrected chi connectivity index (χ2v) is 6.67. The molecule has 1 aliphatic rings. The second kappa shape index (κ2) is 8.22. The van der Waals surface area contributed by atoms with Crippen molar-refractivity contribution in [3.8, 4) is 11.4 Å². The number of hydrogen-bond donors (Lipinski definition) is 1. The van der Waals surface area contributed by atoms with Gasteiger partial charge in [-0.2, -0.15) is 18.3 Å². The van der Waals surface area contributed by atoms with Gasteiger partial charge in [-0.25, -0.2) is 4.68 Å². The van der Waals surface area contributed by atoms with E-state index in [9.17, 15) is 18.0 Å². The quantitative estimate of drug-likeness (QED) is 0.730. The fourth-order valence-corrected chi connectivity index (χ4v) is 3.38. The highest BCUT2D eigenvalue weighted by Gasteiger charge is 2.43. The monoisotopic (exact) mass is 396 g/mol. The molecule has 6 nitrogen and oxygen atoms in total. The van der Waals surface area contributed by atoms with Gasteiger partial charge in [-0.05, 0) is 50.1 Å². The summed E-state index contributed by atoms with van der Waals surface area (Å²) >= 11 is 0. The molecule has 1 aromatic heterocycles. The predicted octanol–water partition coefficient (Wildman–Crippen LogP) is 3.03. The zero-order chi connectivity index (χ0) is 20.3. The van der Waals surface area contributed by atoms with E-state index in [0.29, 0.717) is 24.5 Å². The number of unbranched alkanes of at least 4 members (excludes halogenated alkanes) is 2. The van der Waals surface area contributed by atoms with Crippen molar-refractivity contribution in [2.24, 2.45) is 5.73 Å². The molecule has 1 aromatic carbocycles. The highest BCUT2D eigenvalue weighted by molar-refractivity contribution is 5.96. The number of fused-ring (bicyclic) bond motifs is 1. The Hall–Kier alpha value is -2.55. The van der Waals surface area contributed by atoms with E-state index in [1.165, 1.54) is 7.11 Å². The average Bonchev–Trinajstić information content (AvgIpc) is 3.08. The Kier molecular flexibility index (Phi) is 5.93. The Morgan fingerprint density at radius 3 is 2.50 bits per heavy atom. The Morgan fingerprint density at radius 1 is 1.18 bits per heavy atom. The summed E-state index contributed by atoms with van der Waals surface area (Å²) in [6.45, 7) is 1.33. The van der Waals surface area contributed by atoms with Crippen LogP contribution in [0, 0.1) is 0 Å². The zero-order valence-electron chi connectivity index (χ0n) is 15.6. The Morgan fingerprint density at radius 2 is 1.89 bits per heavy atom. The molecular weight excluding hydrogens is 373 g/mol. The summed E-state index contributed by atoms with van der Waals surface area (Å²) in [4.78, 5) is 14.6. The van der Waals surface area contributed by atoms with E-state index in [1.54, 1.807) is 29.2 Å². The first-order valence-electron chi connectivity index (χ1n) is 9.19. The van der Waals surface area contributed by atoms with Crippen molar-refractivity contribution in [1.29, 1.82) is 0 Å². The number of alkyl halides is 3. The molecule has 28 heavy (non-hydrogen) atoms. The van der Waals surface area contributed by atoms with E-state index in [-0.39, 0.29) is 24.2 Å². The molecule has 0 radical (unpaired) electrons. The lowest BCUT2D eigenvalue weighted by atomic mass is 10.0. The third kappa shape index (κ3) is 3.99. The molecule has 2 aromatic rings. The van der Waals surface area contributed by atoms with Crippen LogP contribution in [0.4, 0.5) is 13.2 Å². The number of halogens is 3. The summed E-state index contributed by atoms with van der Waals surface area (Å²) in [6, 6.07) is 6.41. The van der Waals surface area contributed by atoms with Crippen LogP contribution >= 0.6 is 0 Å². The maximum absolute atomic E-state index is 13.5. The summed E-state index contributed by atoms with van der Waals surface area (Å²) in [7, 11) is 1.50. The molecule has 3 rings (SSSR count). The number of methoxy groups -OCH3 is 1. The highest BCUT2D eigenvalue weighted by atomic mass is 19.4. The number of aromatic nitrogens is 2. The SMILES string of the molecule is COc1ccc(-n2nc(C(F)(F)F)c3c2C(=O)N(CCCCCN)CC3)cc1. The van der Waals surface area contributed by atoms with Gasteiger partial charge in [-0.15, -0.1) is 0 Å². The number of nitrogens with two attached hydrogens (primary N) is 1. The third-order valence-corrected chi connectivity index (χ3v) is 4.82. The van der Waals surface area contributed by atoms with Crippen molar-refractivity contribution in [2.75, 3.05) is 26.7 Å². The van der Waals surface area contributed by atoms with Gasteiger partial charge >= 0.3 is 6.18 Å². The first-order chi connectivity index (χ1) is 13.4. The molecule has 0 fully saturated rings. The van der Waals surface area contributed by atoms with Crippen molar-refractivity contribution < 1.29 is 22.7 Å². The van der Waals surface area contributed by atoms with E-state index >= 15 is 0 Å². The summed E-state index contributed by atoms with van der Waals surface area (Å²) < 4.78 is 46.7. The van der Waals surface area contributed by atoms with Crippen molar-refractivity contribution in [3.05, 3.63) is 41.2 Å². The molecule has 0 aliphatic carbocycles. The minimum absolute atomic E-state index is 0.0115. The van der Waals surface area contributed by atoms with Crippen LogP contribution in [0.3, 0.4) is 0 Å². The number of carbonyl (C=O) groups is 1. The lowest BCUT2D eigenvalue weighted by Gasteiger charge is -2.28. The smallest absolute Gasteiger partial charge is 0.435 e. The Labute approximate surface area is 161 Å². The number of ether oxygens (including phenoxy) is 1. The van der Waals surface area contributed by atoms with Gasteiger partial charge < -0.3 is 15.4 Å². The maximum Gasteiger partial charge on any atom is 0.435 e. The number of carbonyl (C=O) groups excluding carboxylic acids is 1. The van der Waals surface area contributed by atoms with Gasteiger partial charge in [0, 0.05) is 18.7 Å². The summed E-state index contributed by atoms with van der Waals surface area (Å²) in [5.41, 5.74) is 4.82. The molecule has 9 heteroatoms. The van der Waals surface area contributed by atoms with E-state index in [4.69, 9.17) is 10.5 Å². The van der Waals surface area contributed by atoms with Gasteiger partial charge in [0.25, 0.3) is 5.91 Å². The van der Waals surface area contributed by atoms with E-state index < -0.39 is 17.8 Å². The maximum atomic E-state index is 13.5. The molecule has 0 saturated heterocycles. The van der Waals surface area contributed by atoms with Crippen LogP contribution in [-0.4, -0.2) is 47.3 Å². The van der Waals surface area contributed by atoms with E-state index in [2.05, 4.69) is 5.10 Å². The van der Waals surface area contributed by atoms with Crippen LogP contribution in [0.25, 0.3) is 5.69 Å². The van der Waals surface area contributed by atoms with Gasteiger partial charge in [-0.3, -0.25) is 4.79 Å². The van der Waals surface area contributed by atoms with Crippen LogP contribution in [0.2, 0.25) is 0 Å². The molecule has 152 valence electrons. The standard InChI is InChI=1S/C19H23F3N4O2/c1-28-14-7-5-13(6-8-14)26-16-15(17(24-26)19(20,21)22)9-12-25(18(16)27)11-4-2-3-10-23/h5-8H,2-4,9-12,23H2,1H3. The second-order valence-electron chi connectivity index (χ2n) is 6.67. The topological polar surface area (TPSA) is 73.4 Å². The molecular formula is C19H23F3N4O2. The van der Waals surface area contributed by atoms with Crippen molar-refractivity contribution >= 4 is 5.91 Å². The molecule has 0 saturated carbocycles. The van der Waals surface area contributed by atoms with Crippen LogP contribution in [0.5, 0.6) is 5.75 Å². The van der Waals surface area contributed by atoms with Gasteiger partial charge in [0.1, 0.15) is 11.4 Å². The Bertz CT molecular complexity index is 831. The first kappa shape index (κ1) is 20.2. The number of rotatable bonds is 7. The highest BCUT2D eigenvalue weighted by Crippen LogP contribution is 2.36. The lowest BCUT2D eigenvalue weighted by Crippen LogP contribution is -2.39. The lowest BCUT2D eigenvalue weighted by molar-refractivity contribution is -0.142. The molecule has 0 spiro atoms. The van der Waals surface area contributed by atoms with Crippen molar-refractivity contribution in [1.82, 2.24) is 14.7 Å². The molecule has 0 atom stereocenters. The van der Waals surface area contributed by atoms with Gasteiger partial charge in [0.2, 0.25) is 0 Å². The van der Waals surface area contributed by atoms with E-state index in [1.807, 2.05) is 0 Å². The molecule has 0 unspecified atom stereocenters. The molecule has 2 heterocycles. The summed E-state index contributed by atoms with van der Waals surface area (Å²) in [5.74, 6) is 0.140. The number of benzene rings is 1. The van der Waals surface area contributed by atoms with Crippen molar-refractivity contribution in [3.63, 3.8) is 0 Å². The largest absolute Gasteiger partial charge is 0.497 e. The molecule has 2 N–H and O–H groups in total. The fourth-order valence-electron chi connectivity index (χ4n) is 3.38. The number of hydrogen-bond acceptors (Lipinski definition) is 4. The summed E-state index contributed by atoms with van der Waals surface area (Å²) in [5, 5.41) is 3.77. The zero-order valence-corrected chi connectivity index (χ0v) is 15.6. The molecule has 0 bridgehead atoms. The van der Waals surface area contributed by atoms with Crippen LogP contribution in [-0.2, 0) is 12.6 Å². The van der Waals surface area contributed by atoms with Crippen molar-refractivity contribution in [2.45, 2.75) is 31.9 Å². The van der Waals surface area contributed by atoms with Gasteiger partial charge in [0.15, 0.2) is 5.69 Å². The summed E-state index contributed by atoms with van der Waals surface area (Å²) in [6.07, 6.45) is -2.00. The van der Waals surface area contributed by atoms with Crippen LogP contribution in [0.15, 0.2) is 24.3 Å². The number of amides is 1. The van der Waals surface area contributed by atoms with Crippen LogP contribution in [0.1, 0.15) is 41.0 Å². The Balaban J connectivity index is 1.97. The average molecular weight is 396 g/mol. The first-order valence-corrected chi connectivity index (χ1v) is 9.19. The minimum Gasteiger partial charge on any atom is -0.497 e. The normalized spacial score (nSPS) is 14.3. The minimum atomic E-state index is -4.62. The third-order valence-electron chi connectivity index (χ3n) is 4.82. The fraction of sp³-hybridized carbons (Fsp3) is 0.474. The number of nitrogens with zero attached hydrogens (tertiary/aromatic N) is 3. The molecule has 1 amide bonds. The van der Waals surface area contributed by atoms with Crippen LogP contribution < -0.4 is 10.5 Å². The van der Waals surface area contributed by atoms with Gasteiger partial charge in [-0.1, -0.05) is 6.42 Å².